The maximum atomic E-state index is 12.9. The second-order valence-corrected chi connectivity index (χ2v) is 7.36. The zero-order chi connectivity index (χ0) is 16.3. The predicted molar refractivity (Wildman–Crippen MR) is 90.5 cm³/mol. The van der Waals surface area contributed by atoms with E-state index in [4.69, 9.17) is 0 Å². The first-order valence-electron chi connectivity index (χ1n) is 7.35. The Morgan fingerprint density at radius 3 is 2.65 bits per heavy atom. The summed E-state index contributed by atoms with van der Waals surface area (Å²) in [6.45, 7) is 5.33. The lowest BCUT2D eigenvalue weighted by atomic mass is 10.2. The van der Waals surface area contributed by atoms with Crippen LogP contribution in [0.5, 0.6) is 0 Å². The van der Waals surface area contributed by atoms with Gasteiger partial charge in [0.2, 0.25) is 10.0 Å². The smallest absolute Gasteiger partial charge is 0.273 e. The molecule has 1 fully saturated rings. The maximum Gasteiger partial charge on any atom is 0.273 e. The minimum Gasteiger partial charge on any atom is -0.315 e. The molecule has 0 aromatic heterocycles. The molecule has 9 heteroatoms. The van der Waals surface area contributed by atoms with Crippen molar-refractivity contribution in [2.45, 2.75) is 37.6 Å². The molecule has 2 rings (SSSR count). The fraction of sp³-hybridized carbons (Fsp3) is 0.571. The van der Waals surface area contributed by atoms with Gasteiger partial charge in [0.05, 0.1) is 9.82 Å². The highest BCUT2D eigenvalue weighted by atomic mass is 35.5. The molecule has 23 heavy (non-hydrogen) atoms. The molecule has 1 saturated heterocycles. The monoisotopic (exact) mass is 363 g/mol. The van der Waals surface area contributed by atoms with Crippen molar-refractivity contribution in [3.63, 3.8) is 0 Å². The van der Waals surface area contributed by atoms with Crippen LogP contribution in [0.1, 0.15) is 25.3 Å². The lowest BCUT2D eigenvalue weighted by molar-refractivity contribution is -0.385. The summed E-state index contributed by atoms with van der Waals surface area (Å²) < 4.78 is 27.2. The van der Waals surface area contributed by atoms with Gasteiger partial charge in [-0.3, -0.25) is 10.1 Å². The number of halogens is 1. The van der Waals surface area contributed by atoms with Crippen LogP contribution in [-0.4, -0.2) is 43.3 Å². The van der Waals surface area contributed by atoms with Gasteiger partial charge in [-0.1, -0.05) is 13.0 Å². The van der Waals surface area contributed by atoms with Crippen LogP contribution in [0.25, 0.3) is 0 Å². The third-order valence-electron chi connectivity index (χ3n) is 3.87. The summed E-state index contributed by atoms with van der Waals surface area (Å²) in [5.74, 6) is 0. The molecule has 1 aliphatic rings. The van der Waals surface area contributed by atoms with E-state index in [1.165, 1.54) is 16.4 Å². The van der Waals surface area contributed by atoms with Gasteiger partial charge in [-0.2, -0.15) is 4.31 Å². The number of benzene rings is 1. The third kappa shape index (κ3) is 4.20. The quantitative estimate of drug-likeness (QED) is 0.617. The van der Waals surface area contributed by atoms with Crippen molar-refractivity contribution < 1.29 is 13.3 Å². The second-order valence-electron chi connectivity index (χ2n) is 5.47. The van der Waals surface area contributed by atoms with Crippen LogP contribution in [0.15, 0.2) is 23.1 Å². The minimum absolute atomic E-state index is 0. The van der Waals surface area contributed by atoms with E-state index in [1.807, 2.05) is 6.92 Å². The predicted octanol–water partition coefficient (Wildman–Crippen LogP) is 2.09. The van der Waals surface area contributed by atoms with E-state index in [2.05, 4.69) is 5.32 Å². The van der Waals surface area contributed by atoms with E-state index in [0.29, 0.717) is 25.1 Å². The van der Waals surface area contributed by atoms with Crippen LogP contribution in [-0.2, 0) is 10.0 Å². The number of nitro groups is 1. The van der Waals surface area contributed by atoms with E-state index >= 15 is 0 Å². The Balaban J connectivity index is 0.00000264. The van der Waals surface area contributed by atoms with Crippen molar-refractivity contribution in [2.24, 2.45) is 0 Å². The molecule has 1 aromatic rings. The molecular weight excluding hydrogens is 342 g/mol. The Hall–Kier alpha value is -1.22. The lowest BCUT2D eigenvalue weighted by Gasteiger charge is -2.27. The summed E-state index contributed by atoms with van der Waals surface area (Å²) in [4.78, 5) is 10.5. The average Bonchev–Trinajstić information content (AvgIpc) is 2.98. The van der Waals surface area contributed by atoms with Gasteiger partial charge in [-0.05, 0) is 32.4 Å². The van der Waals surface area contributed by atoms with E-state index < -0.39 is 14.9 Å². The molecule has 0 radical (unpaired) electrons. The second kappa shape index (κ2) is 8.05. The molecule has 1 aliphatic heterocycles. The van der Waals surface area contributed by atoms with Crippen molar-refractivity contribution in [1.82, 2.24) is 9.62 Å². The molecule has 1 N–H and O–H groups in total. The van der Waals surface area contributed by atoms with Crippen molar-refractivity contribution in [2.75, 3.05) is 19.6 Å². The Morgan fingerprint density at radius 2 is 2.13 bits per heavy atom. The Kier molecular flexibility index (Phi) is 6.94. The van der Waals surface area contributed by atoms with Crippen molar-refractivity contribution >= 4 is 28.1 Å². The maximum absolute atomic E-state index is 12.9. The number of hydrogen-bond donors (Lipinski definition) is 1. The van der Waals surface area contributed by atoms with Crippen LogP contribution in [0.2, 0.25) is 0 Å². The first-order chi connectivity index (χ1) is 10.4. The van der Waals surface area contributed by atoms with Gasteiger partial charge in [0.1, 0.15) is 0 Å². The molecule has 0 saturated carbocycles. The standard InChI is InChI=1S/C14H21N3O4S.ClH/c1-3-8-16(12-6-7-15-10-12)22(20,21)13-5-4-11(2)14(9-13)17(18)19;/h4-5,9,12,15H,3,6-8,10H2,1-2H3;1H. The minimum atomic E-state index is -3.73. The van der Waals surface area contributed by atoms with Crippen LogP contribution in [0.4, 0.5) is 5.69 Å². The summed E-state index contributed by atoms with van der Waals surface area (Å²) in [5, 5.41) is 14.2. The van der Waals surface area contributed by atoms with E-state index in [-0.39, 0.29) is 29.0 Å². The average molecular weight is 364 g/mol. The van der Waals surface area contributed by atoms with Crippen LogP contribution < -0.4 is 5.32 Å². The van der Waals surface area contributed by atoms with Gasteiger partial charge in [-0.15, -0.1) is 12.4 Å². The van der Waals surface area contributed by atoms with Gasteiger partial charge >= 0.3 is 0 Å². The molecule has 7 nitrogen and oxygen atoms in total. The molecular formula is C14H22ClN3O4S. The Labute approximate surface area is 142 Å². The number of nitrogens with zero attached hydrogens (tertiary/aromatic N) is 2. The molecule has 0 amide bonds. The highest BCUT2D eigenvalue weighted by Gasteiger charge is 2.33. The lowest BCUT2D eigenvalue weighted by Crippen LogP contribution is -2.42. The van der Waals surface area contributed by atoms with Crippen LogP contribution in [0, 0.1) is 17.0 Å². The van der Waals surface area contributed by atoms with Gasteiger partial charge in [0.15, 0.2) is 0 Å². The summed E-state index contributed by atoms with van der Waals surface area (Å²) in [6, 6.07) is 4.01. The summed E-state index contributed by atoms with van der Waals surface area (Å²) in [6.07, 6.45) is 1.46. The van der Waals surface area contributed by atoms with Crippen molar-refractivity contribution in [3.05, 3.63) is 33.9 Å². The van der Waals surface area contributed by atoms with Gasteiger partial charge in [0, 0.05) is 30.8 Å². The number of hydrogen-bond acceptors (Lipinski definition) is 5. The molecule has 1 aromatic carbocycles. The highest BCUT2D eigenvalue weighted by molar-refractivity contribution is 7.89. The molecule has 1 unspecified atom stereocenters. The zero-order valence-corrected chi connectivity index (χ0v) is 14.8. The fourth-order valence-corrected chi connectivity index (χ4v) is 4.45. The van der Waals surface area contributed by atoms with E-state index in [0.717, 1.165) is 19.0 Å². The summed E-state index contributed by atoms with van der Waals surface area (Å²) in [5.41, 5.74) is 0.288. The van der Waals surface area contributed by atoms with Crippen LogP contribution in [0.3, 0.4) is 0 Å². The molecule has 1 heterocycles. The summed E-state index contributed by atoms with van der Waals surface area (Å²) in [7, 11) is -3.73. The number of nitrogens with one attached hydrogen (secondary N) is 1. The third-order valence-corrected chi connectivity index (χ3v) is 5.82. The topological polar surface area (TPSA) is 92.6 Å². The molecule has 1 atom stereocenters. The van der Waals surface area contributed by atoms with E-state index in [1.54, 1.807) is 6.92 Å². The van der Waals surface area contributed by atoms with Crippen molar-refractivity contribution in [1.29, 1.82) is 0 Å². The first kappa shape index (κ1) is 19.8. The summed E-state index contributed by atoms with van der Waals surface area (Å²) >= 11 is 0. The SMILES string of the molecule is CCCN(C1CCNC1)S(=O)(=O)c1ccc(C)c([N+](=O)[O-])c1.Cl. The van der Waals surface area contributed by atoms with Gasteiger partial charge < -0.3 is 5.32 Å². The molecule has 0 spiro atoms. The molecule has 0 aliphatic carbocycles. The number of sulfonamides is 1. The molecule has 0 bridgehead atoms. The van der Waals surface area contributed by atoms with Gasteiger partial charge in [0.25, 0.3) is 5.69 Å². The Bertz CT molecular complexity index is 660. The van der Waals surface area contributed by atoms with E-state index in [9.17, 15) is 18.5 Å². The fourth-order valence-electron chi connectivity index (χ4n) is 2.69. The molecule has 130 valence electrons. The normalized spacial score (nSPS) is 18.0. The van der Waals surface area contributed by atoms with Crippen LogP contribution >= 0.6 is 12.4 Å². The number of nitro benzene ring substituents is 1. The highest BCUT2D eigenvalue weighted by Crippen LogP contribution is 2.26. The number of rotatable bonds is 6. The number of aryl methyl sites for hydroxylation is 1. The van der Waals surface area contributed by atoms with Gasteiger partial charge in [-0.25, -0.2) is 8.42 Å². The first-order valence-corrected chi connectivity index (χ1v) is 8.79. The van der Waals surface area contributed by atoms with Crippen molar-refractivity contribution in [3.8, 4) is 0 Å². The Morgan fingerprint density at radius 1 is 1.43 bits per heavy atom. The largest absolute Gasteiger partial charge is 0.315 e. The zero-order valence-electron chi connectivity index (χ0n) is 13.2.